The number of aromatic nitrogens is 1. The van der Waals surface area contributed by atoms with Crippen LogP contribution < -0.4 is 5.56 Å². The zero-order valence-electron chi connectivity index (χ0n) is 11.1. The van der Waals surface area contributed by atoms with E-state index in [1.165, 1.54) is 11.5 Å². The van der Waals surface area contributed by atoms with E-state index in [9.17, 15) is 9.90 Å². The average molecular weight is 277 g/mol. The van der Waals surface area contributed by atoms with Crippen LogP contribution in [0.1, 0.15) is 32.6 Å². The van der Waals surface area contributed by atoms with Crippen molar-refractivity contribution in [1.82, 2.24) is 3.96 Å². The van der Waals surface area contributed by atoms with Gasteiger partial charge in [0.1, 0.15) is 0 Å². The third-order valence-corrected chi connectivity index (χ3v) is 5.26. The van der Waals surface area contributed by atoms with Crippen molar-refractivity contribution in [1.29, 1.82) is 0 Å². The Labute approximate surface area is 116 Å². The minimum Gasteiger partial charge on any atom is -0.388 e. The number of hydrogen-bond donors (Lipinski definition) is 1. The highest BCUT2D eigenvalue weighted by molar-refractivity contribution is 7.13. The van der Waals surface area contributed by atoms with Gasteiger partial charge in [-0.15, -0.1) is 0 Å². The monoisotopic (exact) mass is 277 g/mol. The number of nitrogens with zero attached hydrogens (tertiary/aromatic N) is 1. The lowest BCUT2D eigenvalue weighted by Crippen LogP contribution is -2.39. The van der Waals surface area contributed by atoms with Gasteiger partial charge < -0.3 is 5.11 Å². The van der Waals surface area contributed by atoms with Crippen molar-refractivity contribution in [2.24, 2.45) is 5.92 Å². The molecular weight excluding hydrogens is 258 g/mol. The van der Waals surface area contributed by atoms with Gasteiger partial charge >= 0.3 is 0 Å². The summed E-state index contributed by atoms with van der Waals surface area (Å²) >= 11 is 1.46. The van der Waals surface area contributed by atoms with E-state index in [-0.39, 0.29) is 5.56 Å². The molecule has 0 aliphatic heterocycles. The normalized spacial score (nSPS) is 27.8. The van der Waals surface area contributed by atoms with Crippen LogP contribution in [0.25, 0.3) is 10.1 Å². The third-order valence-electron chi connectivity index (χ3n) is 4.20. The van der Waals surface area contributed by atoms with Crippen LogP contribution in [0, 0.1) is 5.92 Å². The van der Waals surface area contributed by atoms with Crippen molar-refractivity contribution >= 4 is 21.6 Å². The summed E-state index contributed by atoms with van der Waals surface area (Å²) in [5.74, 6) is 0.694. The molecule has 0 spiro atoms. The quantitative estimate of drug-likeness (QED) is 0.917. The summed E-state index contributed by atoms with van der Waals surface area (Å²) in [7, 11) is 0. The van der Waals surface area contributed by atoms with E-state index in [0.29, 0.717) is 12.5 Å². The first kappa shape index (κ1) is 12.9. The molecule has 19 heavy (non-hydrogen) atoms. The molecule has 0 bridgehead atoms. The van der Waals surface area contributed by atoms with E-state index >= 15 is 0 Å². The van der Waals surface area contributed by atoms with E-state index in [2.05, 4.69) is 6.92 Å². The highest BCUT2D eigenvalue weighted by Gasteiger charge is 2.33. The van der Waals surface area contributed by atoms with Crippen molar-refractivity contribution in [3.8, 4) is 0 Å². The molecule has 0 amide bonds. The number of benzene rings is 1. The van der Waals surface area contributed by atoms with Crippen molar-refractivity contribution in [2.75, 3.05) is 0 Å². The summed E-state index contributed by atoms with van der Waals surface area (Å²) in [6.07, 6.45) is 3.70. The maximum Gasteiger partial charge on any atom is 0.268 e. The first-order chi connectivity index (χ1) is 9.07. The molecule has 0 saturated heterocycles. The molecule has 3 rings (SSSR count). The Balaban J connectivity index is 1.89. The van der Waals surface area contributed by atoms with Crippen molar-refractivity contribution in [3.05, 3.63) is 34.6 Å². The zero-order chi connectivity index (χ0) is 13.5. The van der Waals surface area contributed by atoms with Crippen LogP contribution in [0.3, 0.4) is 0 Å². The minimum atomic E-state index is -0.697. The first-order valence-electron chi connectivity index (χ1n) is 6.89. The van der Waals surface area contributed by atoms with Gasteiger partial charge in [0.05, 0.1) is 22.2 Å². The molecule has 4 heteroatoms. The van der Waals surface area contributed by atoms with Crippen molar-refractivity contribution in [2.45, 2.75) is 44.8 Å². The Bertz CT molecular complexity index is 635. The fourth-order valence-corrected chi connectivity index (χ4v) is 3.96. The Morgan fingerprint density at radius 3 is 2.74 bits per heavy atom. The van der Waals surface area contributed by atoms with Crippen LogP contribution in [0.4, 0.5) is 0 Å². The fourth-order valence-electron chi connectivity index (χ4n) is 2.85. The number of aliphatic hydroxyl groups is 1. The molecule has 0 radical (unpaired) electrons. The molecule has 102 valence electrons. The van der Waals surface area contributed by atoms with Crippen molar-refractivity contribution < 1.29 is 5.11 Å². The smallest absolute Gasteiger partial charge is 0.268 e. The summed E-state index contributed by atoms with van der Waals surface area (Å²) in [6, 6.07) is 7.65. The predicted octanol–water partition coefficient (Wildman–Crippen LogP) is 3.00. The molecule has 2 aromatic rings. The van der Waals surface area contributed by atoms with Gasteiger partial charge in [0.25, 0.3) is 5.56 Å². The van der Waals surface area contributed by atoms with Gasteiger partial charge in [0.15, 0.2) is 0 Å². The van der Waals surface area contributed by atoms with Gasteiger partial charge in [-0.1, -0.05) is 30.6 Å². The number of hydrogen-bond acceptors (Lipinski definition) is 3. The van der Waals surface area contributed by atoms with Gasteiger partial charge in [-0.3, -0.25) is 8.75 Å². The molecular formula is C15H19NO2S. The first-order valence-corrected chi connectivity index (χ1v) is 7.66. The van der Waals surface area contributed by atoms with Gasteiger partial charge in [-0.05, 0) is 43.7 Å². The van der Waals surface area contributed by atoms with E-state index in [4.69, 9.17) is 0 Å². The maximum atomic E-state index is 12.3. The molecule has 0 atom stereocenters. The summed E-state index contributed by atoms with van der Waals surface area (Å²) in [6.45, 7) is 2.67. The Kier molecular flexibility index (Phi) is 3.23. The van der Waals surface area contributed by atoms with Gasteiger partial charge in [0.2, 0.25) is 0 Å². The highest BCUT2D eigenvalue weighted by Crippen LogP contribution is 2.33. The molecule has 1 aromatic carbocycles. The molecule has 1 N–H and O–H groups in total. The SMILES string of the molecule is CC1CCC(O)(Cn2sc3ccccc3c2=O)CC1. The second-order valence-corrected chi connectivity index (χ2v) is 6.90. The lowest BCUT2D eigenvalue weighted by atomic mass is 9.80. The highest BCUT2D eigenvalue weighted by atomic mass is 32.1. The Hall–Kier alpha value is -1.13. The second kappa shape index (κ2) is 4.76. The summed E-state index contributed by atoms with van der Waals surface area (Å²) in [4.78, 5) is 12.3. The molecule has 1 saturated carbocycles. The van der Waals surface area contributed by atoms with Gasteiger partial charge in [-0.25, -0.2) is 0 Å². The molecule has 1 heterocycles. The zero-order valence-corrected chi connectivity index (χ0v) is 11.9. The maximum absolute atomic E-state index is 12.3. The standard InChI is InChI=1S/C15H19NO2S/c1-11-6-8-15(18,9-7-11)10-16-14(17)12-4-2-3-5-13(12)19-16/h2-5,11,18H,6-10H2,1H3. The Morgan fingerprint density at radius 2 is 2.05 bits per heavy atom. The molecule has 1 aliphatic rings. The number of rotatable bonds is 2. The van der Waals surface area contributed by atoms with Crippen LogP contribution in [0.15, 0.2) is 29.1 Å². The summed E-state index contributed by atoms with van der Waals surface area (Å²) in [5.41, 5.74) is -0.662. The average Bonchev–Trinajstić information content (AvgIpc) is 2.71. The van der Waals surface area contributed by atoms with Gasteiger partial charge in [0, 0.05) is 0 Å². The molecule has 1 aromatic heterocycles. The minimum absolute atomic E-state index is 0.0349. The molecule has 3 nitrogen and oxygen atoms in total. The van der Waals surface area contributed by atoms with Crippen LogP contribution >= 0.6 is 11.5 Å². The van der Waals surface area contributed by atoms with E-state index in [1.54, 1.807) is 3.96 Å². The van der Waals surface area contributed by atoms with E-state index < -0.39 is 5.60 Å². The topological polar surface area (TPSA) is 42.2 Å². The van der Waals surface area contributed by atoms with Gasteiger partial charge in [-0.2, -0.15) is 0 Å². The lowest BCUT2D eigenvalue weighted by molar-refractivity contribution is -0.0200. The lowest BCUT2D eigenvalue weighted by Gasteiger charge is -2.34. The van der Waals surface area contributed by atoms with Crippen molar-refractivity contribution in [3.63, 3.8) is 0 Å². The van der Waals surface area contributed by atoms with E-state index in [1.807, 2.05) is 24.3 Å². The predicted molar refractivity (Wildman–Crippen MR) is 78.7 cm³/mol. The fraction of sp³-hybridized carbons (Fsp3) is 0.533. The molecule has 1 fully saturated rings. The molecule has 0 unspecified atom stereocenters. The van der Waals surface area contributed by atoms with Crippen LogP contribution in [0.5, 0.6) is 0 Å². The van der Waals surface area contributed by atoms with Crippen LogP contribution in [-0.2, 0) is 6.54 Å². The van der Waals surface area contributed by atoms with Crippen LogP contribution in [-0.4, -0.2) is 14.7 Å². The second-order valence-electron chi connectivity index (χ2n) is 5.84. The Morgan fingerprint density at radius 1 is 1.37 bits per heavy atom. The third kappa shape index (κ3) is 2.47. The largest absolute Gasteiger partial charge is 0.388 e. The molecule has 1 aliphatic carbocycles. The number of fused-ring (bicyclic) bond motifs is 1. The summed E-state index contributed by atoms with van der Waals surface area (Å²) in [5, 5.41) is 11.4. The van der Waals surface area contributed by atoms with Crippen LogP contribution in [0.2, 0.25) is 0 Å². The van der Waals surface area contributed by atoms with E-state index in [0.717, 1.165) is 35.8 Å². The summed E-state index contributed by atoms with van der Waals surface area (Å²) < 4.78 is 2.72.